The Labute approximate surface area is 74.5 Å². The molecule has 0 unspecified atom stereocenters. The molecule has 2 aromatic heterocycles. The molecule has 0 fully saturated rings. The fourth-order valence-electron chi connectivity index (χ4n) is 1.08. The minimum absolute atomic E-state index is 0.619. The molecule has 0 aliphatic heterocycles. The minimum Gasteiger partial charge on any atom is -0.375 e. The number of hydrogen-bond acceptors (Lipinski definition) is 3. The topological polar surface area (TPSA) is 43.8 Å². The van der Waals surface area contributed by atoms with Gasteiger partial charge in [0.2, 0.25) is 0 Å². The molecule has 0 radical (unpaired) electrons. The third-order valence-corrected chi connectivity index (χ3v) is 2.32. The molecule has 0 saturated carbocycles. The van der Waals surface area contributed by atoms with Gasteiger partial charge in [-0.2, -0.15) is 0 Å². The molecule has 2 aromatic rings. The van der Waals surface area contributed by atoms with Crippen LogP contribution in [-0.2, 0) is 7.05 Å². The van der Waals surface area contributed by atoms with E-state index in [0.29, 0.717) is 5.13 Å². The largest absolute Gasteiger partial charge is 0.375 e. The number of aromatic nitrogens is 2. The van der Waals surface area contributed by atoms with E-state index in [1.165, 1.54) is 11.3 Å². The lowest BCUT2D eigenvalue weighted by molar-refractivity contribution is 0.928. The number of hydrogen-bond donors (Lipinski definition) is 1. The predicted molar refractivity (Wildman–Crippen MR) is 50.9 cm³/mol. The minimum atomic E-state index is 0.619. The van der Waals surface area contributed by atoms with Crippen LogP contribution in [0, 0.1) is 0 Å². The Morgan fingerprint density at radius 2 is 2.42 bits per heavy atom. The molecule has 0 atom stereocenters. The molecule has 0 saturated heterocycles. The van der Waals surface area contributed by atoms with Crippen molar-refractivity contribution in [1.82, 2.24) is 9.55 Å². The molecule has 0 spiro atoms. The molecule has 0 aliphatic rings. The zero-order valence-electron chi connectivity index (χ0n) is 6.69. The number of anilines is 1. The highest BCUT2D eigenvalue weighted by atomic mass is 32.1. The SMILES string of the molecule is Cn1ccc(-c2csc(N)n2)c1. The van der Waals surface area contributed by atoms with Crippen LogP contribution in [0.3, 0.4) is 0 Å². The summed E-state index contributed by atoms with van der Waals surface area (Å²) in [7, 11) is 1.99. The van der Waals surface area contributed by atoms with Crippen molar-refractivity contribution < 1.29 is 0 Å². The van der Waals surface area contributed by atoms with Crippen LogP contribution in [0.1, 0.15) is 0 Å². The van der Waals surface area contributed by atoms with Gasteiger partial charge in [-0.1, -0.05) is 0 Å². The second-order valence-electron chi connectivity index (χ2n) is 2.64. The summed E-state index contributed by atoms with van der Waals surface area (Å²) in [4.78, 5) is 4.18. The normalized spacial score (nSPS) is 10.4. The molecule has 12 heavy (non-hydrogen) atoms. The van der Waals surface area contributed by atoms with Crippen molar-refractivity contribution in [3.05, 3.63) is 23.8 Å². The summed E-state index contributed by atoms with van der Waals surface area (Å²) < 4.78 is 1.99. The Bertz CT molecular complexity index is 350. The summed E-state index contributed by atoms with van der Waals surface area (Å²) in [5.41, 5.74) is 7.60. The molecule has 62 valence electrons. The summed E-state index contributed by atoms with van der Waals surface area (Å²) in [6.07, 6.45) is 4.01. The maximum atomic E-state index is 5.52. The number of nitrogens with two attached hydrogens (primary N) is 1. The smallest absolute Gasteiger partial charge is 0.180 e. The van der Waals surface area contributed by atoms with Gasteiger partial charge in [0.25, 0.3) is 0 Å². The summed E-state index contributed by atoms with van der Waals surface area (Å²) >= 11 is 1.47. The molecule has 0 aliphatic carbocycles. The number of thiazole rings is 1. The van der Waals surface area contributed by atoms with E-state index in [9.17, 15) is 0 Å². The number of nitrogens with zero attached hydrogens (tertiary/aromatic N) is 2. The van der Waals surface area contributed by atoms with Gasteiger partial charge in [0.15, 0.2) is 5.13 Å². The average Bonchev–Trinajstić information content (AvgIpc) is 2.58. The monoisotopic (exact) mass is 179 g/mol. The van der Waals surface area contributed by atoms with Crippen molar-refractivity contribution in [1.29, 1.82) is 0 Å². The van der Waals surface area contributed by atoms with E-state index in [0.717, 1.165) is 11.3 Å². The number of nitrogen functional groups attached to an aromatic ring is 1. The fourth-order valence-corrected chi connectivity index (χ4v) is 1.65. The Morgan fingerprint density at radius 3 is 2.92 bits per heavy atom. The van der Waals surface area contributed by atoms with E-state index in [1.54, 1.807) is 0 Å². The average molecular weight is 179 g/mol. The predicted octanol–water partition coefficient (Wildman–Crippen LogP) is 1.73. The highest BCUT2D eigenvalue weighted by molar-refractivity contribution is 7.13. The highest BCUT2D eigenvalue weighted by Crippen LogP contribution is 2.22. The van der Waals surface area contributed by atoms with Gasteiger partial charge < -0.3 is 10.3 Å². The zero-order valence-corrected chi connectivity index (χ0v) is 7.51. The summed E-state index contributed by atoms with van der Waals surface area (Å²) in [5, 5.41) is 2.58. The first kappa shape index (κ1) is 7.36. The van der Waals surface area contributed by atoms with Gasteiger partial charge in [0, 0.05) is 30.4 Å². The van der Waals surface area contributed by atoms with Crippen LogP contribution >= 0.6 is 11.3 Å². The first-order valence-electron chi connectivity index (χ1n) is 3.59. The van der Waals surface area contributed by atoms with Gasteiger partial charge in [-0.15, -0.1) is 11.3 Å². The maximum Gasteiger partial charge on any atom is 0.180 e. The Kier molecular flexibility index (Phi) is 1.62. The van der Waals surface area contributed by atoms with Crippen molar-refractivity contribution in [2.75, 3.05) is 5.73 Å². The molecule has 3 nitrogen and oxygen atoms in total. The first-order chi connectivity index (χ1) is 5.75. The Hall–Kier alpha value is -1.29. The summed E-state index contributed by atoms with van der Waals surface area (Å²) in [6.45, 7) is 0. The van der Waals surface area contributed by atoms with Crippen LogP contribution in [-0.4, -0.2) is 9.55 Å². The van der Waals surface area contributed by atoms with Gasteiger partial charge in [0.1, 0.15) is 0 Å². The van der Waals surface area contributed by atoms with Crippen LogP contribution < -0.4 is 5.73 Å². The third-order valence-electron chi connectivity index (χ3n) is 1.65. The fraction of sp³-hybridized carbons (Fsp3) is 0.125. The second kappa shape index (κ2) is 2.64. The molecular formula is C8H9N3S. The molecule has 0 amide bonds. The van der Waals surface area contributed by atoms with Gasteiger partial charge in [-0.05, 0) is 6.07 Å². The van der Waals surface area contributed by atoms with Crippen molar-refractivity contribution in [3.63, 3.8) is 0 Å². The van der Waals surface area contributed by atoms with Crippen molar-refractivity contribution in [2.45, 2.75) is 0 Å². The van der Waals surface area contributed by atoms with E-state index in [2.05, 4.69) is 4.98 Å². The Morgan fingerprint density at radius 1 is 1.58 bits per heavy atom. The molecule has 2 heterocycles. The van der Waals surface area contributed by atoms with Crippen molar-refractivity contribution in [3.8, 4) is 11.3 Å². The highest BCUT2D eigenvalue weighted by Gasteiger charge is 2.02. The lowest BCUT2D eigenvalue weighted by Crippen LogP contribution is -1.82. The lowest BCUT2D eigenvalue weighted by Gasteiger charge is -1.87. The molecule has 0 aromatic carbocycles. The van der Waals surface area contributed by atoms with Crippen LogP contribution in [0.5, 0.6) is 0 Å². The molecule has 0 bridgehead atoms. The van der Waals surface area contributed by atoms with Crippen LogP contribution in [0.4, 0.5) is 5.13 Å². The standard InChI is InChI=1S/C8H9N3S/c1-11-3-2-6(4-11)7-5-12-8(9)10-7/h2-5H,1H3,(H2,9,10). The quantitative estimate of drug-likeness (QED) is 0.724. The van der Waals surface area contributed by atoms with Gasteiger partial charge in [0.05, 0.1) is 5.69 Å². The third kappa shape index (κ3) is 1.21. The number of rotatable bonds is 1. The molecule has 2 rings (SSSR count). The molecular weight excluding hydrogens is 170 g/mol. The van der Waals surface area contributed by atoms with Gasteiger partial charge >= 0.3 is 0 Å². The van der Waals surface area contributed by atoms with Crippen LogP contribution in [0.25, 0.3) is 11.3 Å². The van der Waals surface area contributed by atoms with Crippen LogP contribution in [0.15, 0.2) is 23.8 Å². The molecule has 2 N–H and O–H groups in total. The Balaban J connectivity index is 2.43. The summed E-state index contributed by atoms with van der Waals surface area (Å²) in [5.74, 6) is 0. The lowest BCUT2D eigenvalue weighted by atomic mass is 10.3. The van der Waals surface area contributed by atoms with Crippen molar-refractivity contribution >= 4 is 16.5 Å². The van der Waals surface area contributed by atoms with E-state index in [1.807, 2.05) is 35.5 Å². The zero-order chi connectivity index (χ0) is 8.55. The van der Waals surface area contributed by atoms with Crippen molar-refractivity contribution in [2.24, 2.45) is 7.05 Å². The van der Waals surface area contributed by atoms with Gasteiger partial charge in [-0.25, -0.2) is 4.98 Å². The van der Waals surface area contributed by atoms with Crippen LogP contribution in [0.2, 0.25) is 0 Å². The molecule has 4 heteroatoms. The number of aryl methyl sites for hydroxylation is 1. The first-order valence-corrected chi connectivity index (χ1v) is 4.47. The van der Waals surface area contributed by atoms with E-state index < -0.39 is 0 Å². The summed E-state index contributed by atoms with van der Waals surface area (Å²) in [6, 6.07) is 2.02. The van der Waals surface area contributed by atoms with E-state index >= 15 is 0 Å². The second-order valence-corrected chi connectivity index (χ2v) is 3.53. The van der Waals surface area contributed by atoms with E-state index in [-0.39, 0.29) is 0 Å². The van der Waals surface area contributed by atoms with Gasteiger partial charge in [-0.3, -0.25) is 0 Å². The van der Waals surface area contributed by atoms with E-state index in [4.69, 9.17) is 5.73 Å². The maximum absolute atomic E-state index is 5.52.